The minimum absolute atomic E-state index is 0.667. The maximum Gasteiger partial charge on any atom is 0.104 e. The Bertz CT molecular complexity index is 324. The van der Waals surface area contributed by atoms with Gasteiger partial charge >= 0.3 is 0 Å². The number of hydrogen-bond donors (Lipinski definition) is 0. The third kappa shape index (κ3) is 6.20. The molecule has 0 amide bonds. The monoisotopic (exact) mass is 270 g/mol. The first-order valence-corrected chi connectivity index (χ1v) is 7.27. The van der Waals surface area contributed by atoms with Crippen molar-refractivity contribution in [1.29, 1.82) is 0 Å². The Morgan fingerprint density at radius 3 is 2.75 bits per heavy atom. The van der Waals surface area contributed by atoms with Gasteiger partial charge in [0.05, 0.1) is 12.9 Å². The van der Waals surface area contributed by atoms with Crippen LogP contribution in [0.1, 0.15) is 5.56 Å². The Hall–Kier alpha value is -0.450. The molecule has 16 heavy (non-hydrogen) atoms. The van der Waals surface area contributed by atoms with Crippen LogP contribution in [0.5, 0.6) is 0 Å². The van der Waals surface area contributed by atoms with Crippen molar-refractivity contribution >= 4 is 39.3 Å². The Morgan fingerprint density at radius 1 is 1.31 bits per heavy atom. The van der Waals surface area contributed by atoms with E-state index in [9.17, 15) is 0 Å². The van der Waals surface area contributed by atoms with E-state index >= 15 is 0 Å². The number of hydrogen-bond acceptors (Lipinski definition) is 4. The zero-order valence-electron chi connectivity index (χ0n) is 8.93. The summed E-state index contributed by atoms with van der Waals surface area (Å²) in [6.07, 6.45) is 1.46. The van der Waals surface area contributed by atoms with Gasteiger partial charge in [0, 0.05) is 11.5 Å². The van der Waals surface area contributed by atoms with Crippen LogP contribution in [-0.4, -0.2) is 15.9 Å². The van der Waals surface area contributed by atoms with E-state index in [1.807, 2.05) is 18.2 Å². The molecule has 1 aromatic carbocycles. The lowest BCUT2D eigenvalue weighted by atomic mass is 10.2. The van der Waals surface area contributed by atoms with Crippen LogP contribution in [0.15, 0.2) is 43.2 Å². The Kier molecular flexibility index (Phi) is 7.38. The van der Waals surface area contributed by atoms with E-state index in [4.69, 9.17) is 17.0 Å². The molecule has 0 heterocycles. The fourth-order valence-corrected chi connectivity index (χ4v) is 3.02. The normalized spacial score (nSPS) is 9.75. The van der Waals surface area contributed by atoms with Crippen molar-refractivity contribution in [3.63, 3.8) is 0 Å². The molecule has 86 valence electrons. The van der Waals surface area contributed by atoms with Crippen LogP contribution in [0.4, 0.5) is 0 Å². The fourth-order valence-electron chi connectivity index (χ4n) is 1.01. The summed E-state index contributed by atoms with van der Waals surface area (Å²) in [5.41, 5.74) is 1.30. The zero-order valence-corrected chi connectivity index (χ0v) is 11.4. The summed E-state index contributed by atoms with van der Waals surface area (Å²) in [6, 6.07) is 10.3. The SMILES string of the molecule is C=COCCSC(=S)SCc1ccccc1. The predicted octanol–water partition coefficient (Wildman–Crippen LogP) is 4.10. The standard InChI is InChI=1S/C12H14OS3/c1-2-13-8-9-15-12(14)16-10-11-6-4-3-5-7-11/h2-7H,1,8-10H2. The van der Waals surface area contributed by atoms with Crippen LogP contribution in [0, 0.1) is 0 Å². The molecule has 0 unspecified atom stereocenters. The Labute approximate surface area is 111 Å². The molecule has 0 bridgehead atoms. The molecule has 1 rings (SSSR count). The Balaban J connectivity index is 2.13. The van der Waals surface area contributed by atoms with Gasteiger partial charge in [-0.1, -0.05) is 49.1 Å². The second-order valence-corrected chi connectivity index (χ2v) is 6.18. The molecule has 0 spiro atoms. The molecule has 1 nitrogen and oxygen atoms in total. The molecular weight excluding hydrogens is 256 g/mol. The summed E-state index contributed by atoms with van der Waals surface area (Å²) in [5, 5.41) is 0. The van der Waals surface area contributed by atoms with Gasteiger partial charge in [0.2, 0.25) is 0 Å². The molecule has 0 aliphatic heterocycles. The Morgan fingerprint density at radius 2 is 2.06 bits per heavy atom. The van der Waals surface area contributed by atoms with Crippen molar-refractivity contribution < 1.29 is 4.74 Å². The largest absolute Gasteiger partial charge is 0.501 e. The highest BCUT2D eigenvalue weighted by atomic mass is 32.2. The molecule has 0 aliphatic rings. The molecule has 4 heteroatoms. The second-order valence-electron chi connectivity index (χ2n) is 2.91. The van der Waals surface area contributed by atoms with Gasteiger partial charge < -0.3 is 4.74 Å². The fraction of sp³-hybridized carbons (Fsp3) is 0.250. The van der Waals surface area contributed by atoms with E-state index in [1.54, 1.807) is 23.5 Å². The summed E-state index contributed by atoms with van der Waals surface area (Å²) < 4.78 is 5.99. The lowest BCUT2D eigenvalue weighted by Gasteiger charge is -2.03. The van der Waals surface area contributed by atoms with Crippen LogP contribution < -0.4 is 0 Å². The number of thiocarbonyl (C=S) groups is 1. The first-order chi connectivity index (χ1) is 7.83. The lowest BCUT2D eigenvalue weighted by molar-refractivity contribution is 0.274. The van der Waals surface area contributed by atoms with Crippen molar-refractivity contribution in [1.82, 2.24) is 0 Å². The number of thioether (sulfide) groups is 2. The van der Waals surface area contributed by atoms with Gasteiger partial charge in [-0.15, -0.1) is 23.5 Å². The zero-order chi connectivity index (χ0) is 11.6. The maximum absolute atomic E-state index is 5.25. The molecule has 0 fully saturated rings. The smallest absolute Gasteiger partial charge is 0.104 e. The summed E-state index contributed by atoms with van der Waals surface area (Å²) in [4.78, 5) is 0. The molecule has 0 N–H and O–H groups in total. The predicted molar refractivity (Wildman–Crippen MR) is 78.9 cm³/mol. The lowest BCUT2D eigenvalue weighted by Crippen LogP contribution is -1.93. The molecule has 1 aromatic rings. The third-order valence-electron chi connectivity index (χ3n) is 1.74. The quantitative estimate of drug-likeness (QED) is 0.437. The highest BCUT2D eigenvalue weighted by Crippen LogP contribution is 2.21. The van der Waals surface area contributed by atoms with E-state index in [0.29, 0.717) is 6.61 Å². The van der Waals surface area contributed by atoms with E-state index in [1.165, 1.54) is 11.8 Å². The van der Waals surface area contributed by atoms with Gasteiger partial charge in [0.25, 0.3) is 0 Å². The van der Waals surface area contributed by atoms with Crippen LogP contribution in [0.3, 0.4) is 0 Å². The minimum atomic E-state index is 0.667. The maximum atomic E-state index is 5.25. The van der Waals surface area contributed by atoms with Crippen molar-refractivity contribution in [2.24, 2.45) is 0 Å². The summed E-state index contributed by atoms with van der Waals surface area (Å²) in [6.45, 7) is 4.15. The van der Waals surface area contributed by atoms with Gasteiger partial charge in [0.1, 0.15) is 3.53 Å². The highest BCUT2D eigenvalue weighted by Gasteiger charge is 1.99. The van der Waals surface area contributed by atoms with Crippen molar-refractivity contribution in [3.05, 3.63) is 48.7 Å². The average Bonchev–Trinajstić information content (AvgIpc) is 2.33. The topological polar surface area (TPSA) is 9.23 Å². The first kappa shape index (κ1) is 13.6. The highest BCUT2D eigenvalue weighted by molar-refractivity contribution is 8.46. The number of benzene rings is 1. The summed E-state index contributed by atoms with van der Waals surface area (Å²) in [7, 11) is 0. The van der Waals surface area contributed by atoms with Gasteiger partial charge in [-0.2, -0.15) is 0 Å². The molecule has 0 saturated carbocycles. The van der Waals surface area contributed by atoms with Crippen LogP contribution in [0.2, 0.25) is 0 Å². The average molecular weight is 270 g/mol. The number of ether oxygens (including phenoxy) is 1. The second kappa shape index (κ2) is 8.67. The van der Waals surface area contributed by atoms with Crippen molar-refractivity contribution in [3.8, 4) is 0 Å². The van der Waals surface area contributed by atoms with E-state index in [-0.39, 0.29) is 0 Å². The van der Waals surface area contributed by atoms with Crippen molar-refractivity contribution in [2.45, 2.75) is 5.75 Å². The van der Waals surface area contributed by atoms with E-state index in [2.05, 4.69) is 18.7 Å². The van der Waals surface area contributed by atoms with Crippen LogP contribution in [-0.2, 0) is 10.5 Å². The molecule has 0 radical (unpaired) electrons. The minimum Gasteiger partial charge on any atom is -0.501 e. The molecule has 0 aromatic heterocycles. The van der Waals surface area contributed by atoms with E-state index < -0.39 is 0 Å². The summed E-state index contributed by atoms with van der Waals surface area (Å²) >= 11 is 8.61. The van der Waals surface area contributed by atoms with Crippen LogP contribution >= 0.6 is 35.7 Å². The van der Waals surface area contributed by atoms with Gasteiger partial charge in [-0.05, 0) is 5.56 Å². The van der Waals surface area contributed by atoms with Crippen LogP contribution in [0.25, 0.3) is 0 Å². The molecular formula is C12H14OS3. The van der Waals surface area contributed by atoms with Gasteiger partial charge in [-0.3, -0.25) is 0 Å². The molecule has 0 atom stereocenters. The molecule has 0 saturated heterocycles. The third-order valence-corrected chi connectivity index (χ3v) is 4.47. The van der Waals surface area contributed by atoms with Crippen molar-refractivity contribution in [2.75, 3.05) is 12.4 Å². The molecule has 0 aliphatic carbocycles. The van der Waals surface area contributed by atoms with E-state index in [0.717, 1.165) is 15.0 Å². The van der Waals surface area contributed by atoms with Gasteiger partial charge in [0.15, 0.2) is 0 Å². The van der Waals surface area contributed by atoms with Gasteiger partial charge in [-0.25, -0.2) is 0 Å². The summed E-state index contributed by atoms with van der Waals surface area (Å²) in [5.74, 6) is 1.82. The first-order valence-electron chi connectivity index (χ1n) is 4.89. The number of rotatable bonds is 6.